The van der Waals surface area contributed by atoms with Gasteiger partial charge in [-0.3, -0.25) is 0 Å². The molecule has 0 N–H and O–H groups in total. The number of hydrogen-bond acceptors (Lipinski definition) is 3. The van der Waals surface area contributed by atoms with Gasteiger partial charge in [0.1, 0.15) is 11.2 Å². The first-order valence-corrected chi connectivity index (χ1v) is 18.4. The molecule has 0 saturated heterocycles. The molecule has 0 saturated carbocycles. The van der Waals surface area contributed by atoms with Crippen LogP contribution in [-0.4, -0.2) is 4.57 Å². The normalized spacial score (nSPS) is 11.8. The van der Waals surface area contributed by atoms with E-state index in [9.17, 15) is 0 Å². The van der Waals surface area contributed by atoms with Gasteiger partial charge in [0.15, 0.2) is 0 Å². The number of benzene rings is 8. The molecule has 0 aliphatic heterocycles. The van der Waals surface area contributed by atoms with Crippen molar-refractivity contribution in [1.29, 1.82) is 0 Å². The molecule has 0 aliphatic carbocycles. The zero-order valence-electron chi connectivity index (χ0n) is 28.0. The monoisotopic (exact) mass is 682 g/mol. The van der Waals surface area contributed by atoms with Crippen LogP contribution in [0.2, 0.25) is 0 Å². The number of nitrogens with zero attached hydrogens (tertiary/aromatic N) is 2. The highest BCUT2D eigenvalue weighted by Gasteiger charge is 2.22. The fourth-order valence-corrected chi connectivity index (χ4v) is 9.19. The zero-order valence-corrected chi connectivity index (χ0v) is 28.8. The minimum absolute atomic E-state index is 0.890. The molecule has 11 rings (SSSR count). The van der Waals surface area contributed by atoms with Crippen LogP contribution in [0.25, 0.3) is 80.7 Å². The lowest BCUT2D eigenvalue weighted by Crippen LogP contribution is -2.10. The highest BCUT2D eigenvalue weighted by molar-refractivity contribution is 7.26. The Hall–Kier alpha value is -6.62. The summed E-state index contributed by atoms with van der Waals surface area (Å²) in [5.41, 5.74) is 11.1. The third kappa shape index (κ3) is 4.45. The smallest absolute Gasteiger partial charge is 0.135 e. The van der Waals surface area contributed by atoms with Gasteiger partial charge in [0.25, 0.3) is 0 Å². The number of para-hydroxylation sites is 4. The van der Waals surface area contributed by atoms with Crippen LogP contribution in [0.15, 0.2) is 186 Å². The van der Waals surface area contributed by atoms with Crippen molar-refractivity contribution in [3.05, 3.63) is 182 Å². The first kappa shape index (κ1) is 29.1. The lowest BCUT2D eigenvalue weighted by atomic mass is 9.99. The maximum atomic E-state index is 6.26. The molecule has 0 spiro atoms. The molecular weight excluding hydrogens is 653 g/mol. The molecule has 0 unspecified atom stereocenters. The van der Waals surface area contributed by atoms with Gasteiger partial charge in [-0.1, -0.05) is 97.1 Å². The quantitative estimate of drug-likeness (QED) is 0.180. The zero-order chi connectivity index (χ0) is 34.2. The van der Waals surface area contributed by atoms with E-state index >= 15 is 0 Å². The molecule has 0 radical (unpaired) electrons. The van der Waals surface area contributed by atoms with Crippen molar-refractivity contribution in [2.45, 2.75) is 0 Å². The molecule has 0 atom stereocenters. The van der Waals surface area contributed by atoms with Crippen molar-refractivity contribution < 1.29 is 4.42 Å². The third-order valence-corrected chi connectivity index (χ3v) is 11.6. The lowest BCUT2D eigenvalue weighted by molar-refractivity contribution is 0.669. The second-order valence-electron chi connectivity index (χ2n) is 13.3. The number of aromatic nitrogens is 1. The van der Waals surface area contributed by atoms with E-state index in [-0.39, 0.29) is 0 Å². The Morgan fingerprint density at radius 3 is 1.96 bits per heavy atom. The standard InChI is InChI=1S/C48H30N2OS/c1-3-13-33(14-4-1)49(35-24-26-46-40(30-35)37-18-8-11-21-45(37)51-46)44-29-32(28-41-38-19-9-12-22-47(38)52-48(41)44)31-23-25-43-39(27-31)36-17-7-10-20-42(36)50(43)34-15-5-2-6-16-34/h1-30H. The number of fused-ring (bicyclic) bond motifs is 9. The average molecular weight is 683 g/mol. The first-order valence-electron chi connectivity index (χ1n) is 17.6. The molecule has 3 aromatic heterocycles. The van der Waals surface area contributed by atoms with E-state index in [0.29, 0.717) is 0 Å². The summed E-state index contributed by atoms with van der Waals surface area (Å²) in [5.74, 6) is 0. The molecule has 3 nitrogen and oxygen atoms in total. The van der Waals surface area contributed by atoms with Crippen molar-refractivity contribution in [1.82, 2.24) is 4.57 Å². The van der Waals surface area contributed by atoms with Gasteiger partial charge in [0, 0.05) is 54.1 Å². The molecule has 52 heavy (non-hydrogen) atoms. The van der Waals surface area contributed by atoms with Gasteiger partial charge >= 0.3 is 0 Å². The van der Waals surface area contributed by atoms with Crippen LogP contribution in [0.1, 0.15) is 0 Å². The second kappa shape index (κ2) is 11.5. The summed E-state index contributed by atoms with van der Waals surface area (Å²) in [5, 5.41) is 7.25. The van der Waals surface area contributed by atoms with E-state index in [4.69, 9.17) is 4.42 Å². The Kier molecular flexibility index (Phi) is 6.42. The Bertz CT molecular complexity index is 3130. The molecule has 0 fully saturated rings. The van der Waals surface area contributed by atoms with Crippen molar-refractivity contribution >= 4 is 92.3 Å². The summed E-state index contributed by atoms with van der Waals surface area (Å²) in [7, 11) is 0. The van der Waals surface area contributed by atoms with E-state index in [1.165, 1.54) is 53.1 Å². The topological polar surface area (TPSA) is 21.3 Å². The molecule has 244 valence electrons. The maximum Gasteiger partial charge on any atom is 0.135 e. The number of rotatable bonds is 5. The van der Waals surface area contributed by atoms with Gasteiger partial charge in [-0.2, -0.15) is 0 Å². The van der Waals surface area contributed by atoms with Crippen LogP contribution in [0.3, 0.4) is 0 Å². The summed E-state index contributed by atoms with van der Waals surface area (Å²) < 4.78 is 11.2. The Morgan fingerprint density at radius 2 is 1.10 bits per heavy atom. The molecule has 0 amide bonds. The second-order valence-corrected chi connectivity index (χ2v) is 14.4. The van der Waals surface area contributed by atoms with E-state index in [1.807, 2.05) is 23.5 Å². The molecule has 0 aliphatic rings. The predicted octanol–water partition coefficient (Wildman–Crippen LogP) is 14.2. The number of furan rings is 1. The van der Waals surface area contributed by atoms with Gasteiger partial charge in [-0.25, -0.2) is 0 Å². The average Bonchev–Trinajstić information content (AvgIpc) is 3.88. The van der Waals surface area contributed by atoms with E-state index < -0.39 is 0 Å². The van der Waals surface area contributed by atoms with E-state index in [0.717, 1.165) is 44.7 Å². The fraction of sp³-hybridized carbons (Fsp3) is 0. The van der Waals surface area contributed by atoms with Crippen molar-refractivity contribution in [2.24, 2.45) is 0 Å². The van der Waals surface area contributed by atoms with Crippen LogP contribution < -0.4 is 4.90 Å². The molecule has 0 bridgehead atoms. The van der Waals surface area contributed by atoms with Gasteiger partial charge in [0.05, 0.1) is 21.4 Å². The lowest BCUT2D eigenvalue weighted by Gasteiger charge is -2.27. The minimum atomic E-state index is 0.890. The Balaban J connectivity index is 1.19. The largest absolute Gasteiger partial charge is 0.456 e. The van der Waals surface area contributed by atoms with Gasteiger partial charge in [-0.15, -0.1) is 11.3 Å². The van der Waals surface area contributed by atoms with Crippen LogP contribution in [0.4, 0.5) is 17.1 Å². The molecule has 11 aromatic rings. The minimum Gasteiger partial charge on any atom is -0.456 e. The van der Waals surface area contributed by atoms with Gasteiger partial charge in [0.2, 0.25) is 0 Å². The Labute approximate surface area is 303 Å². The third-order valence-electron chi connectivity index (χ3n) is 10.4. The highest BCUT2D eigenvalue weighted by atomic mass is 32.1. The SMILES string of the molecule is c1ccc(N(c2ccc3oc4ccccc4c3c2)c2cc(-c3ccc4c(c3)c3ccccc3n4-c3ccccc3)cc3c2sc2ccccc23)cc1. The van der Waals surface area contributed by atoms with Crippen molar-refractivity contribution in [2.75, 3.05) is 4.90 Å². The summed E-state index contributed by atoms with van der Waals surface area (Å²) in [6.45, 7) is 0. The molecule has 8 aromatic carbocycles. The maximum absolute atomic E-state index is 6.26. The van der Waals surface area contributed by atoms with Crippen molar-refractivity contribution in [3.63, 3.8) is 0 Å². The summed E-state index contributed by atoms with van der Waals surface area (Å²) in [4.78, 5) is 2.42. The summed E-state index contributed by atoms with van der Waals surface area (Å²) in [6, 6.07) is 65.6. The number of hydrogen-bond donors (Lipinski definition) is 0. The molecule has 4 heteroatoms. The summed E-state index contributed by atoms with van der Waals surface area (Å²) >= 11 is 1.86. The van der Waals surface area contributed by atoms with E-state index in [2.05, 4.69) is 179 Å². The molecule has 3 heterocycles. The first-order chi connectivity index (χ1) is 25.8. The van der Waals surface area contributed by atoms with Crippen molar-refractivity contribution in [3.8, 4) is 16.8 Å². The summed E-state index contributed by atoms with van der Waals surface area (Å²) in [6.07, 6.45) is 0. The van der Waals surface area contributed by atoms with Crippen LogP contribution in [0, 0.1) is 0 Å². The Morgan fingerprint density at radius 1 is 0.423 bits per heavy atom. The highest BCUT2D eigenvalue weighted by Crippen LogP contribution is 2.48. The number of anilines is 3. The predicted molar refractivity (Wildman–Crippen MR) is 221 cm³/mol. The fourth-order valence-electron chi connectivity index (χ4n) is 8.01. The van der Waals surface area contributed by atoms with Gasteiger partial charge < -0.3 is 13.9 Å². The van der Waals surface area contributed by atoms with E-state index in [1.54, 1.807) is 0 Å². The van der Waals surface area contributed by atoms with Crippen LogP contribution in [-0.2, 0) is 0 Å². The van der Waals surface area contributed by atoms with Crippen LogP contribution in [0.5, 0.6) is 0 Å². The van der Waals surface area contributed by atoms with Crippen LogP contribution >= 0.6 is 11.3 Å². The number of thiophene rings is 1. The van der Waals surface area contributed by atoms with Gasteiger partial charge in [-0.05, 0) is 96.1 Å². The molecular formula is C48H30N2OS.